The summed E-state index contributed by atoms with van der Waals surface area (Å²) in [4.78, 5) is 5.44. The molecule has 1 aliphatic heterocycles. The van der Waals surface area contributed by atoms with E-state index in [4.69, 9.17) is 5.73 Å². The van der Waals surface area contributed by atoms with Crippen molar-refractivity contribution >= 4 is 11.3 Å². The van der Waals surface area contributed by atoms with Gasteiger partial charge in [-0.1, -0.05) is 13.8 Å². The van der Waals surface area contributed by atoms with Crippen LogP contribution < -0.4 is 5.73 Å². The smallest absolute Gasteiger partial charge is 0.0481 e. The van der Waals surface area contributed by atoms with Gasteiger partial charge < -0.3 is 5.73 Å². The predicted octanol–water partition coefficient (Wildman–Crippen LogP) is 3.34. The minimum atomic E-state index is 0.421. The summed E-state index contributed by atoms with van der Waals surface area (Å²) in [7, 11) is 0. The molecule has 2 N–H and O–H groups in total. The first-order chi connectivity index (χ1) is 8.52. The normalized spacial score (nSPS) is 27.4. The zero-order valence-electron chi connectivity index (χ0n) is 12.1. The molecule has 1 aromatic heterocycles. The monoisotopic (exact) mass is 266 g/mol. The number of nitrogens with two attached hydrogens (primary N) is 1. The Labute approximate surface area is 115 Å². The van der Waals surface area contributed by atoms with Gasteiger partial charge in [0.05, 0.1) is 0 Å². The fourth-order valence-corrected chi connectivity index (χ4v) is 4.01. The molecule has 2 rings (SSSR count). The zero-order chi connectivity index (χ0) is 13.3. The van der Waals surface area contributed by atoms with Crippen molar-refractivity contribution in [1.29, 1.82) is 0 Å². The molecule has 0 radical (unpaired) electrons. The highest BCUT2D eigenvalue weighted by Gasteiger charge is 2.29. The molecule has 2 heterocycles. The Bertz CT molecular complexity index is 399. The molecule has 0 aromatic carbocycles. The van der Waals surface area contributed by atoms with Crippen LogP contribution in [-0.4, -0.2) is 24.5 Å². The second-order valence-electron chi connectivity index (χ2n) is 5.86. The SMILES string of the molecule is Cc1cc(C(CN)N2CCC(C)C(C)C2)c(C)s1. The molecule has 3 atom stereocenters. The molecule has 2 nitrogen and oxygen atoms in total. The highest BCUT2D eigenvalue weighted by atomic mass is 32.1. The van der Waals surface area contributed by atoms with Gasteiger partial charge in [0.2, 0.25) is 0 Å². The van der Waals surface area contributed by atoms with Crippen LogP contribution in [0.3, 0.4) is 0 Å². The molecule has 18 heavy (non-hydrogen) atoms. The van der Waals surface area contributed by atoms with Crippen molar-refractivity contribution in [3.63, 3.8) is 0 Å². The summed E-state index contributed by atoms with van der Waals surface area (Å²) >= 11 is 1.90. The van der Waals surface area contributed by atoms with Gasteiger partial charge in [-0.2, -0.15) is 0 Å². The highest BCUT2D eigenvalue weighted by Crippen LogP contribution is 2.33. The zero-order valence-corrected chi connectivity index (χ0v) is 12.9. The summed E-state index contributed by atoms with van der Waals surface area (Å²) < 4.78 is 0. The van der Waals surface area contributed by atoms with Gasteiger partial charge in [-0.05, 0) is 50.3 Å². The van der Waals surface area contributed by atoms with Crippen molar-refractivity contribution in [3.05, 3.63) is 21.4 Å². The van der Waals surface area contributed by atoms with Crippen LogP contribution in [0.2, 0.25) is 0 Å². The van der Waals surface area contributed by atoms with Crippen molar-refractivity contribution in [2.24, 2.45) is 17.6 Å². The average molecular weight is 266 g/mol. The summed E-state index contributed by atoms with van der Waals surface area (Å²) in [5.74, 6) is 1.64. The summed E-state index contributed by atoms with van der Waals surface area (Å²) in [5, 5.41) is 0. The molecular formula is C15H26N2S. The quantitative estimate of drug-likeness (QED) is 0.909. The van der Waals surface area contributed by atoms with Crippen LogP contribution in [0.1, 0.15) is 41.6 Å². The predicted molar refractivity (Wildman–Crippen MR) is 80.1 cm³/mol. The van der Waals surface area contributed by atoms with Crippen LogP contribution in [0.15, 0.2) is 6.07 Å². The first-order valence-corrected chi connectivity index (χ1v) is 7.85. The summed E-state index contributed by atoms with van der Waals surface area (Å²) in [6.07, 6.45) is 1.31. The van der Waals surface area contributed by atoms with E-state index in [0.29, 0.717) is 6.04 Å². The number of piperidine rings is 1. The minimum absolute atomic E-state index is 0.421. The topological polar surface area (TPSA) is 29.3 Å². The van der Waals surface area contributed by atoms with E-state index in [9.17, 15) is 0 Å². The number of nitrogens with zero attached hydrogens (tertiary/aromatic N) is 1. The molecule has 0 aliphatic carbocycles. The molecule has 1 saturated heterocycles. The van der Waals surface area contributed by atoms with Crippen molar-refractivity contribution < 1.29 is 0 Å². The Balaban J connectivity index is 2.16. The molecular weight excluding hydrogens is 240 g/mol. The highest BCUT2D eigenvalue weighted by molar-refractivity contribution is 7.12. The van der Waals surface area contributed by atoms with E-state index in [1.807, 2.05) is 11.3 Å². The Morgan fingerprint density at radius 2 is 2.11 bits per heavy atom. The van der Waals surface area contributed by atoms with Gasteiger partial charge in [-0.25, -0.2) is 0 Å². The van der Waals surface area contributed by atoms with Crippen molar-refractivity contribution in [3.8, 4) is 0 Å². The lowest BCUT2D eigenvalue weighted by Crippen LogP contribution is -2.43. The lowest BCUT2D eigenvalue weighted by molar-refractivity contribution is 0.0982. The number of hydrogen-bond donors (Lipinski definition) is 1. The van der Waals surface area contributed by atoms with Gasteiger partial charge in [-0.15, -0.1) is 11.3 Å². The number of rotatable bonds is 3. The third kappa shape index (κ3) is 2.79. The lowest BCUT2D eigenvalue weighted by Gasteiger charge is -2.40. The first kappa shape index (κ1) is 14.0. The Kier molecular flexibility index (Phi) is 4.46. The number of likely N-dealkylation sites (tertiary alicyclic amines) is 1. The first-order valence-electron chi connectivity index (χ1n) is 7.04. The van der Waals surface area contributed by atoms with E-state index < -0.39 is 0 Å². The third-order valence-electron chi connectivity index (χ3n) is 4.47. The van der Waals surface area contributed by atoms with Gasteiger partial charge in [0.1, 0.15) is 0 Å². The van der Waals surface area contributed by atoms with E-state index in [1.165, 1.54) is 34.8 Å². The van der Waals surface area contributed by atoms with E-state index in [1.54, 1.807) is 0 Å². The minimum Gasteiger partial charge on any atom is -0.329 e. The summed E-state index contributed by atoms with van der Waals surface area (Å²) in [6, 6.07) is 2.75. The maximum absolute atomic E-state index is 6.06. The van der Waals surface area contributed by atoms with E-state index in [-0.39, 0.29) is 0 Å². The molecule has 3 heteroatoms. The van der Waals surface area contributed by atoms with Gasteiger partial charge in [-0.3, -0.25) is 4.90 Å². The van der Waals surface area contributed by atoms with Gasteiger partial charge >= 0.3 is 0 Å². The third-order valence-corrected chi connectivity index (χ3v) is 5.45. The maximum atomic E-state index is 6.06. The van der Waals surface area contributed by atoms with Crippen LogP contribution in [-0.2, 0) is 0 Å². The summed E-state index contributed by atoms with van der Waals surface area (Å²) in [5.41, 5.74) is 7.52. The standard InChI is InChI=1S/C15H26N2S/c1-10-5-6-17(9-11(10)2)15(8-16)14-7-12(3)18-13(14)4/h7,10-11,15H,5-6,8-9,16H2,1-4H3. The van der Waals surface area contributed by atoms with Gasteiger partial charge in [0, 0.05) is 28.9 Å². The molecule has 1 aliphatic rings. The van der Waals surface area contributed by atoms with E-state index >= 15 is 0 Å². The molecule has 0 amide bonds. The van der Waals surface area contributed by atoms with E-state index in [0.717, 1.165) is 18.4 Å². The lowest BCUT2D eigenvalue weighted by atomic mass is 9.87. The van der Waals surface area contributed by atoms with Crippen LogP contribution in [0.5, 0.6) is 0 Å². The largest absolute Gasteiger partial charge is 0.329 e. The number of thiophene rings is 1. The number of hydrogen-bond acceptors (Lipinski definition) is 3. The van der Waals surface area contributed by atoms with Crippen LogP contribution >= 0.6 is 11.3 Å². The van der Waals surface area contributed by atoms with Gasteiger partial charge in [0.25, 0.3) is 0 Å². The molecule has 0 spiro atoms. The molecule has 0 saturated carbocycles. The van der Waals surface area contributed by atoms with E-state index in [2.05, 4.69) is 38.7 Å². The van der Waals surface area contributed by atoms with Crippen LogP contribution in [0, 0.1) is 25.7 Å². The Morgan fingerprint density at radius 3 is 2.61 bits per heavy atom. The second kappa shape index (κ2) is 5.72. The number of aryl methyl sites for hydroxylation is 2. The summed E-state index contributed by atoms with van der Waals surface area (Å²) in [6.45, 7) is 12.3. The second-order valence-corrected chi connectivity index (χ2v) is 7.32. The fraction of sp³-hybridized carbons (Fsp3) is 0.733. The van der Waals surface area contributed by atoms with Crippen LogP contribution in [0.4, 0.5) is 0 Å². The van der Waals surface area contributed by atoms with Gasteiger partial charge in [0.15, 0.2) is 0 Å². The Morgan fingerprint density at radius 1 is 1.39 bits per heavy atom. The van der Waals surface area contributed by atoms with Crippen molar-refractivity contribution in [1.82, 2.24) is 4.90 Å². The Hall–Kier alpha value is -0.380. The average Bonchev–Trinajstić information content (AvgIpc) is 2.64. The maximum Gasteiger partial charge on any atom is 0.0481 e. The molecule has 1 aromatic rings. The van der Waals surface area contributed by atoms with Crippen molar-refractivity contribution in [2.75, 3.05) is 19.6 Å². The molecule has 3 unspecified atom stereocenters. The fourth-order valence-electron chi connectivity index (χ4n) is 3.03. The molecule has 0 bridgehead atoms. The van der Waals surface area contributed by atoms with Crippen LogP contribution in [0.25, 0.3) is 0 Å². The van der Waals surface area contributed by atoms with Crippen molar-refractivity contribution in [2.45, 2.75) is 40.2 Å². The molecule has 1 fully saturated rings. The molecule has 102 valence electrons.